The van der Waals surface area contributed by atoms with Gasteiger partial charge in [-0.3, -0.25) is 0 Å². The topological polar surface area (TPSA) is 57.9 Å². The fourth-order valence-electron chi connectivity index (χ4n) is 2.32. The molecule has 0 aliphatic heterocycles. The highest BCUT2D eigenvalue weighted by molar-refractivity contribution is 7.91. The lowest BCUT2D eigenvalue weighted by atomic mass is 9.65. The first kappa shape index (κ1) is 14.5. The Hall–Kier alpha value is -0.560. The highest BCUT2D eigenvalue weighted by Crippen LogP contribution is 2.46. The summed E-state index contributed by atoms with van der Waals surface area (Å²) < 4.78 is 23.0. The van der Waals surface area contributed by atoms with E-state index in [9.17, 15) is 13.7 Å². The predicted molar refractivity (Wildman–Crippen MR) is 69.2 cm³/mol. The van der Waals surface area contributed by atoms with Crippen molar-refractivity contribution in [3.63, 3.8) is 0 Å². The van der Waals surface area contributed by atoms with E-state index in [1.807, 2.05) is 0 Å². The maximum atomic E-state index is 11.5. The van der Waals surface area contributed by atoms with E-state index in [1.54, 1.807) is 6.92 Å². The van der Waals surface area contributed by atoms with Crippen LogP contribution in [0.2, 0.25) is 0 Å². The van der Waals surface area contributed by atoms with E-state index in [-0.39, 0.29) is 11.5 Å². The van der Waals surface area contributed by atoms with Gasteiger partial charge in [-0.25, -0.2) is 8.42 Å². The summed E-state index contributed by atoms with van der Waals surface area (Å²) in [6, 6.07) is 2.39. The van der Waals surface area contributed by atoms with E-state index in [1.165, 1.54) is 0 Å². The Kier molecular flexibility index (Phi) is 4.24. The van der Waals surface area contributed by atoms with Crippen molar-refractivity contribution in [3.05, 3.63) is 0 Å². The summed E-state index contributed by atoms with van der Waals surface area (Å²) >= 11 is 0. The van der Waals surface area contributed by atoms with Crippen molar-refractivity contribution in [3.8, 4) is 6.07 Å². The number of sulfone groups is 1. The Balaban J connectivity index is 2.64. The highest BCUT2D eigenvalue weighted by atomic mass is 32.2. The van der Waals surface area contributed by atoms with Crippen LogP contribution in [-0.2, 0) is 9.84 Å². The van der Waals surface area contributed by atoms with E-state index < -0.39 is 15.3 Å². The Labute approximate surface area is 105 Å². The van der Waals surface area contributed by atoms with Crippen LogP contribution in [0.5, 0.6) is 0 Å². The molecule has 0 heterocycles. The molecule has 0 amide bonds. The summed E-state index contributed by atoms with van der Waals surface area (Å²) in [5.41, 5.74) is -0.0816. The third kappa shape index (κ3) is 3.99. The lowest BCUT2D eigenvalue weighted by Gasteiger charge is -2.39. The van der Waals surface area contributed by atoms with Gasteiger partial charge in [0, 0.05) is 5.75 Å². The molecule has 0 aromatic carbocycles. The maximum absolute atomic E-state index is 11.5. The first-order valence-electron chi connectivity index (χ1n) is 6.36. The number of hydrogen-bond acceptors (Lipinski definition) is 3. The molecule has 0 bridgehead atoms. The van der Waals surface area contributed by atoms with Crippen molar-refractivity contribution < 1.29 is 8.42 Å². The summed E-state index contributed by atoms with van der Waals surface area (Å²) in [5, 5.41) is 9.34. The van der Waals surface area contributed by atoms with Crippen molar-refractivity contribution in [2.45, 2.75) is 52.9 Å². The molecule has 1 aliphatic rings. The average Bonchev–Trinajstić information content (AvgIpc) is 2.29. The van der Waals surface area contributed by atoms with Gasteiger partial charge in [-0.05, 0) is 37.5 Å². The molecule has 1 saturated carbocycles. The number of rotatable bonds is 4. The van der Waals surface area contributed by atoms with Gasteiger partial charge in [-0.2, -0.15) is 5.26 Å². The molecule has 0 unspecified atom stereocenters. The van der Waals surface area contributed by atoms with E-state index in [0.717, 1.165) is 25.7 Å². The minimum absolute atomic E-state index is 0.164. The summed E-state index contributed by atoms with van der Waals surface area (Å²) in [7, 11) is -2.95. The van der Waals surface area contributed by atoms with E-state index in [2.05, 4.69) is 19.9 Å². The van der Waals surface area contributed by atoms with Gasteiger partial charge in [0.2, 0.25) is 0 Å². The van der Waals surface area contributed by atoms with Gasteiger partial charge in [-0.15, -0.1) is 0 Å². The van der Waals surface area contributed by atoms with Gasteiger partial charge in [0.15, 0.2) is 0 Å². The predicted octanol–water partition coefficient (Wildman–Crippen LogP) is 2.92. The number of hydrogen-bond donors (Lipinski definition) is 0. The molecule has 0 aromatic heterocycles. The standard InChI is InChI=1S/C13H23NO2S/c1-4-17(15,16)10-9-13(11-14)7-5-12(2,3)6-8-13/h4-10H2,1-3H3. The van der Waals surface area contributed by atoms with Gasteiger partial charge in [-0.1, -0.05) is 20.8 Å². The van der Waals surface area contributed by atoms with Crippen LogP contribution in [0.1, 0.15) is 52.9 Å². The van der Waals surface area contributed by atoms with Crippen LogP contribution < -0.4 is 0 Å². The van der Waals surface area contributed by atoms with Gasteiger partial charge in [0.1, 0.15) is 9.84 Å². The van der Waals surface area contributed by atoms with Crippen LogP contribution in [-0.4, -0.2) is 19.9 Å². The minimum Gasteiger partial charge on any atom is -0.229 e. The van der Waals surface area contributed by atoms with Gasteiger partial charge < -0.3 is 0 Å². The first-order valence-corrected chi connectivity index (χ1v) is 8.18. The molecular formula is C13H23NO2S. The molecule has 1 aliphatic carbocycles. The molecular weight excluding hydrogens is 234 g/mol. The van der Waals surface area contributed by atoms with Crippen molar-refractivity contribution in [2.75, 3.05) is 11.5 Å². The Morgan fingerprint density at radius 1 is 1.18 bits per heavy atom. The average molecular weight is 257 g/mol. The van der Waals surface area contributed by atoms with Crippen LogP contribution in [0.3, 0.4) is 0 Å². The highest BCUT2D eigenvalue weighted by Gasteiger charge is 2.38. The summed E-state index contributed by atoms with van der Waals surface area (Å²) in [6.07, 6.45) is 4.24. The molecule has 0 radical (unpaired) electrons. The molecule has 0 N–H and O–H groups in total. The quantitative estimate of drug-likeness (QED) is 0.778. The lowest BCUT2D eigenvalue weighted by molar-refractivity contribution is 0.143. The third-order valence-electron chi connectivity index (χ3n) is 4.13. The SMILES string of the molecule is CCS(=O)(=O)CCC1(C#N)CCC(C)(C)CC1. The first-order chi connectivity index (χ1) is 7.74. The number of nitrogens with zero attached hydrogens (tertiary/aromatic N) is 1. The van der Waals surface area contributed by atoms with Crippen LogP contribution in [0.4, 0.5) is 0 Å². The van der Waals surface area contributed by atoms with Crippen LogP contribution >= 0.6 is 0 Å². The maximum Gasteiger partial charge on any atom is 0.150 e. The van der Waals surface area contributed by atoms with Crippen LogP contribution in [0.25, 0.3) is 0 Å². The largest absolute Gasteiger partial charge is 0.229 e. The second kappa shape index (κ2) is 4.97. The van der Waals surface area contributed by atoms with E-state index >= 15 is 0 Å². The molecule has 1 rings (SSSR count). The van der Waals surface area contributed by atoms with Crippen LogP contribution in [0.15, 0.2) is 0 Å². The monoisotopic (exact) mass is 257 g/mol. The lowest BCUT2D eigenvalue weighted by Crippen LogP contribution is -2.32. The molecule has 0 aromatic rings. The Morgan fingerprint density at radius 2 is 1.71 bits per heavy atom. The van der Waals surface area contributed by atoms with E-state index in [4.69, 9.17) is 0 Å². The second-order valence-electron chi connectivity index (χ2n) is 6.04. The number of nitriles is 1. The molecule has 3 nitrogen and oxygen atoms in total. The third-order valence-corrected chi connectivity index (χ3v) is 5.84. The zero-order valence-corrected chi connectivity index (χ0v) is 11.9. The normalized spacial score (nSPS) is 22.9. The fourth-order valence-corrected chi connectivity index (χ4v) is 3.31. The van der Waals surface area contributed by atoms with E-state index in [0.29, 0.717) is 11.8 Å². The minimum atomic E-state index is -2.95. The molecule has 0 atom stereocenters. The molecule has 1 fully saturated rings. The Bertz CT molecular complexity index is 394. The second-order valence-corrected chi connectivity index (χ2v) is 8.52. The van der Waals surface area contributed by atoms with Crippen molar-refractivity contribution >= 4 is 9.84 Å². The molecule has 98 valence electrons. The smallest absolute Gasteiger partial charge is 0.150 e. The zero-order chi connectivity index (χ0) is 13.2. The molecule has 4 heteroatoms. The fraction of sp³-hybridized carbons (Fsp3) is 0.923. The van der Waals surface area contributed by atoms with Gasteiger partial charge in [0.05, 0.1) is 17.2 Å². The zero-order valence-electron chi connectivity index (χ0n) is 11.1. The van der Waals surface area contributed by atoms with Crippen molar-refractivity contribution in [1.82, 2.24) is 0 Å². The van der Waals surface area contributed by atoms with Crippen LogP contribution in [0, 0.1) is 22.2 Å². The van der Waals surface area contributed by atoms with Gasteiger partial charge >= 0.3 is 0 Å². The van der Waals surface area contributed by atoms with Crippen molar-refractivity contribution in [1.29, 1.82) is 5.26 Å². The molecule has 0 spiro atoms. The molecule has 0 saturated heterocycles. The summed E-state index contributed by atoms with van der Waals surface area (Å²) in [4.78, 5) is 0. The molecule has 17 heavy (non-hydrogen) atoms. The summed E-state index contributed by atoms with van der Waals surface area (Å²) in [5.74, 6) is 0.345. The van der Waals surface area contributed by atoms with Crippen molar-refractivity contribution in [2.24, 2.45) is 10.8 Å². The van der Waals surface area contributed by atoms with Gasteiger partial charge in [0.25, 0.3) is 0 Å². The Morgan fingerprint density at radius 3 is 2.12 bits per heavy atom. The summed E-state index contributed by atoms with van der Waals surface area (Å²) in [6.45, 7) is 6.10.